The second-order valence-electron chi connectivity index (χ2n) is 5.30. The molecule has 13 heavy (non-hydrogen) atoms. The van der Waals surface area contributed by atoms with Crippen molar-refractivity contribution in [2.24, 2.45) is 23.0 Å². The average Bonchev–Trinajstić information content (AvgIpc) is 2.18. The van der Waals surface area contributed by atoms with Crippen molar-refractivity contribution in [2.75, 3.05) is 6.54 Å². The summed E-state index contributed by atoms with van der Waals surface area (Å²) in [4.78, 5) is 0. The molecule has 1 aliphatic rings. The Balaban J connectivity index is 2.40. The van der Waals surface area contributed by atoms with Crippen LogP contribution < -0.4 is 5.73 Å². The molecule has 0 bridgehead atoms. The summed E-state index contributed by atoms with van der Waals surface area (Å²) >= 11 is 0. The van der Waals surface area contributed by atoms with Gasteiger partial charge >= 0.3 is 0 Å². The van der Waals surface area contributed by atoms with Crippen LogP contribution in [0.25, 0.3) is 0 Å². The monoisotopic (exact) mass is 183 g/mol. The van der Waals surface area contributed by atoms with Gasteiger partial charge in [-0.1, -0.05) is 27.2 Å². The van der Waals surface area contributed by atoms with Crippen LogP contribution >= 0.6 is 0 Å². The van der Waals surface area contributed by atoms with E-state index in [9.17, 15) is 0 Å². The molecule has 1 rings (SSSR count). The third-order valence-corrected chi connectivity index (χ3v) is 4.20. The maximum Gasteiger partial charge on any atom is -0.00489 e. The van der Waals surface area contributed by atoms with Crippen LogP contribution in [0.1, 0.15) is 52.9 Å². The van der Waals surface area contributed by atoms with E-state index in [2.05, 4.69) is 20.8 Å². The molecule has 1 saturated carbocycles. The Morgan fingerprint density at radius 3 is 2.08 bits per heavy atom. The first-order valence-electron chi connectivity index (χ1n) is 5.80. The van der Waals surface area contributed by atoms with Gasteiger partial charge in [0.25, 0.3) is 0 Å². The number of nitrogens with two attached hydrogens (primary N) is 1. The fourth-order valence-electron chi connectivity index (χ4n) is 2.47. The van der Waals surface area contributed by atoms with Gasteiger partial charge in [-0.2, -0.15) is 0 Å². The van der Waals surface area contributed by atoms with Crippen LogP contribution in [0.3, 0.4) is 0 Å². The predicted molar refractivity (Wildman–Crippen MR) is 58.6 cm³/mol. The Morgan fingerprint density at radius 1 is 1.15 bits per heavy atom. The van der Waals surface area contributed by atoms with Gasteiger partial charge in [-0.15, -0.1) is 0 Å². The zero-order chi connectivity index (χ0) is 9.90. The smallest absolute Gasteiger partial charge is 0.00489 e. The highest BCUT2D eigenvalue weighted by atomic mass is 14.6. The van der Waals surface area contributed by atoms with E-state index in [1.54, 1.807) is 0 Å². The predicted octanol–water partition coefficient (Wildman–Crippen LogP) is 3.19. The summed E-state index contributed by atoms with van der Waals surface area (Å²) < 4.78 is 0. The normalized spacial score (nSPS) is 30.5. The second-order valence-corrected chi connectivity index (χ2v) is 5.30. The van der Waals surface area contributed by atoms with Gasteiger partial charge in [-0.3, -0.25) is 0 Å². The fourth-order valence-corrected chi connectivity index (χ4v) is 2.47. The maximum atomic E-state index is 5.69. The first-order valence-corrected chi connectivity index (χ1v) is 5.80. The van der Waals surface area contributed by atoms with Gasteiger partial charge in [0.2, 0.25) is 0 Å². The quantitative estimate of drug-likeness (QED) is 0.714. The summed E-state index contributed by atoms with van der Waals surface area (Å²) in [7, 11) is 0. The Bertz CT molecular complexity index is 143. The van der Waals surface area contributed by atoms with Crippen molar-refractivity contribution in [3.63, 3.8) is 0 Å². The molecule has 1 nitrogen and oxygen atoms in total. The minimum Gasteiger partial charge on any atom is -0.330 e. The largest absolute Gasteiger partial charge is 0.330 e. The van der Waals surface area contributed by atoms with E-state index in [0.717, 1.165) is 18.4 Å². The Kier molecular flexibility index (Phi) is 3.78. The summed E-state index contributed by atoms with van der Waals surface area (Å²) in [6, 6.07) is 0. The fraction of sp³-hybridized carbons (Fsp3) is 1.00. The summed E-state index contributed by atoms with van der Waals surface area (Å²) in [5, 5.41) is 0. The molecule has 1 fully saturated rings. The molecule has 0 spiro atoms. The number of hydrogen-bond acceptors (Lipinski definition) is 1. The van der Waals surface area contributed by atoms with Crippen LogP contribution in [0.5, 0.6) is 0 Å². The van der Waals surface area contributed by atoms with Crippen molar-refractivity contribution < 1.29 is 0 Å². The van der Waals surface area contributed by atoms with E-state index < -0.39 is 0 Å². The lowest BCUT2D eigenvalue weighted by Gasteiger charge is -2.38. The minimum absolute atomic E-state index is 0.555. The van der Waals surface area contributed by atoms with Crippen molar-refractivity contribution in [2.45, 2.75) is 52.9 Å². The van der Waals surface area contributed by atoms with Gasteiger partial charge in [0.05, 0.1) is 0 Å². The molecule has 0 atom stereocenters. The van der Waals surface area contributed by atoms with Crippen molar-refractivity contribution >= 4 is 0 Å². The standard InChI is InChI=1S/C12H25N/c1-4-12(2,3)11-7-5-10(9-13)6-8-11/h10-11H,4-9,13H2,1-3H3. The van der Waals surface area contributed by atoms with Crippen LogP contribution in [0.2, 0.25) is 0 Å². The van der Waals surface area contributed by atoms with Crippen LogP contribution in [0.15, 0.2) is 0 Å². The van der Waals surface area contributed by atoms with Gasteiger partial charge < -0.3 is 5.73 Å². The number of rotatable bonds is 3. The highest BCUT2D eigenvalue weighted by Gasteiger charge is 2.31. The van der Waals surface area contributed by atoms with Crippen molar-refractivity contribution in [1.82, 2.24) is 0 Å². The molecular formula is C12H25N. The molecular weight excluding hydrogens is 158 g/mol. The molecule has 0 heterocycles. The molecule has 1 heteroatoms. The Hall–Kier alpha value is -0.0400. The van der Waals surface area contributed by atoms with E-state index >= 15 is 0 Å². The molecule has 0 unspecified atom stereocenters. The SMILES string of the molecule is CCC(C)(C)C1CCC(CN)CC1. The highest BCUT2D eigenvalue weighted by molar-refractivity contribution is 4.82. The van der Waals surface area contributed by atoms with Crippen LogP contribution in [0.4, 0.5) is 0 Å². The summed E-state index contributed by atoms with van der Waals surface area (Å²) in [5.41, 5.74) is 6.25. The van der Waals surface area contributed by atoms with Gasteiger partial charge in [-0.25, -0.2) is 0 Å². The lowest BCUT2D eigenvalue weighted by Crippen LogP contribution is -2.30. The lowest BCUT2D eigenvalue weighted by molar-refractivity contribution is 0.130. The van der Waals surface area contributed by atoms with E-state index in [-0.39, 0.29) is 0 Å². The van der Waals surface area contributed by atoms with E-state index in [4.69, 9.17) is 5.73 Å². The average molecular weight is 183 g/mol. The van der Waals surface area contributed by atoms with Crippen molar-refractivity contribution in [3.05, 3.63) is 0 Å². The van der Waals surface area contributed by atoms with Gasteiger partial charge in [-0.05, 0) is 49.5 Å². The van der Waals surface area contributed by atoms with Gasteiger partial charge in [0, 0.05) is 0 Å². The maximum absolute atomic E-state index is 5.69. The van der Waals surface area contributed by atoms with Crippen molar-refractivity contribution in [3.8, 4) is 0 Å². The Labute approximate surface area is 83.1 Å². The van der Waals surface area contributed by atoms with Gasteiger partial charge in [0.1, 0.15) is 0 Å². The molecule has 0 aromatic rings. The topological polar surface area (TPSA) is 26.0 Å². The van der Waals surface area contributed by atoms with Crippen LogP contribution in [0, 0.1) is 17.3 Å². The number of hydrogen-bond donors (Lipinski definition) is 1. The van der Waals surface area contributed by atoms with Crippen molar-refractivity contribution in [1.29, 1.82) is 0 Å². The second kappa shape index (κ2) is 4.45. The van der Waals surface area contributed by atoms with Crippen LogP contribution in [-0.2, 0) is 0 Å². The third-order valence-electron chi connectivity index (χ3n) is 4.20. The highest BCUT2D eigenvalue weighted by Crippen LogP contribution is 2.41. The van der Waals surface area contributed by atoms with Gasteiger partial charge in [0.15, 0.2) is 0 Å². The lowest BCUT2D eigenvalue weighted by atomic mass is 9.68. The third kappa shape index (κ3) is 2.70. The van der Waals surface area contributed by atoms with E-state index in [1.807, 2.05) is 0 Å². The summed E-state index contributed by atoms with van der Waals surface area (Å²) in [6.45, 7) is 8.05. The first kappa shape index (κ1) is 11.0. The molecule has 0 aliphatic heterocycles. The zero-order valence-corrected chi connectivity index (χ0v) is 9.47. The van der Waals surface area contributed by atoms with Crippen LogP contribution in [-0.4, -0.2) is 6.54 Å². The molecule has 0 aromatic heterocycles. The van der Waals surface area contributed by atoms with E-state index in [1.165, 1.54) is 32.1 Å². The molecule has 0 aromatic carbocycles. The first-order chi connectivity index (χ1) is 6.10. The molecule has 0 amide bonds. The molecule has 0 radical (unpaired) electrons. The zero-order valence-electron chi connectivity index (χ0n) is 9.47. The summed E-state index contributed by atoms with van der Waals surface area (Å²) in [5.74, 6) is 1.77. The summed E-state index contributed by atoms with van der Waals surface area (Å²) in [6.07, 6.45) is 6.85. The molecule has 2 N–H and O–H groups in total. The molecule has 78 valence electrons. The minimum atomic E-state index is 0.555. The molecule has 1 aliphatic carbocycles. The Morgan fingerprint density at radius 2 is 1.69 bits per heavy atom. The molecule has 0 saturated heterocycles. The van der Waals surface area contributed by atoms with E-state index in [0.29, 0.717) is 5.41 Å².